The Kier molecular flexibility index (Phi) is 2.58. The van der Waals surface area contributed by atoms with Gasteiger partial charge in [0.1, 0.15) is 6.10 Å². The highest BCUT2D eigenvalue weighted by atomic mass is 16.4. The molecule has 3 N–H and O–H groups in total. The lowest BCUT2D eigenvalue weighted by atomic mass is 9.67. The van der Waals surface area contributed by atoms with Crippen LogP contribution in [0.5, 0.6) is 0 Å². The van der Waals surface area contributed by atoms with Crippen LogP contribution in [0.15, 0.2) is 0 Å². The number of hydrogen-bond donors (Lipinski definition) is 3. The summed E-state index contributed by atoms with van der Waals surface area (Å²) in [6.07, 6.45) is 2.81. The second-order valence-electron chi connectivity index (χ2n) is 4.49. The van der Waals surface area contributed by atoms with Crippen molar-refractivity contribution in [2.24, 2.45) is 11.8 Å². The lowest BCUT2D eigenvalue weighted by molar-refractivity contribution is -0.137. The van der Waals surface area contributed by atoms with E-state index < -0.39 is 18.3 Å². The minimum Gasteiger partial charge on any atom is -0.390 e. The molecule has 2 aliphatic carbocycles. The monoisotopic (exact) mass is 186 g/mol. The molecule has 5 unspecified atom stereocenters. The summed E-state index contributed by atoms with van der Waals surface area (Å²) in [5.74, 6) is 0.661. The van der Waals surface area contributed by atoms with Gasteiger partial charge in [0, 0.05) is 0 Å². The van der Waals surface area contributed by atoms with Gasteiger partial charge in [-0.2, -0.15) is 0 Å². The summed E-state index contributed by atoms with van der Waals surface area (Å²) < 4.78 is 0. The highest BCUT2D eigenvalue weighted by Crippen LogP contribution is 2.40. The van der Waals surface area contributed by atoms with Gasteiger partial charge < -0.3 is 15.3 Å². The minimum atomic E-state index is -0.917. The second kappa shape index (κ2) is 3.56. The van der Waals surface area contributed by atoms with Crippen molar-refractivity contribution >= 4 is 0 Å². The van der Waals surface area contributed by atoms with Gasteiger partial charge >= 0.3 is 0 Å². The van der Waals surface area contributed by atoms with Gasteiger partial charge in [-0.05, 0) is 31.1 Å². The van der Waals surface area contributed by atoms with E-state index in [9.17, 15) is 15.3 Å². The number of aliphatic hydroxyl groups is 3. The second-order valence-corrected chi connectivity index (χ2v) is 4.49. The van der Waals surface area contributed by atoms with Gasteiger partial charge in [0.15, 0.2) is 0 Å². The van der Waals surface area contributed by atoms with Crippen molar-refractivity contribution in [3.63, 3.8) is 0 Å². The first-order valence-corrected chi connectivity index (χ1v) is 5.24. The van der Waals surface area contributed by atoms with E-state index in [1.165, 1.54) is 6.42 Å². The minimum absolute atomic E-state index is 0.229. The third kappa shape index (κ3) is 1.60. The van der Waals surface area contributed by atoms with E-state index in [0.29, 0.717) is 12.3 Å². The predicted octanol–water partition coefficient (Wildman–Crippen LogP) is 0.279. The largest absolute Gasteiger partial charge is 0.390 e. The van der Waals surface area contributed by atoms with Crippen molar-refractivity contribution in [1.82, 2.24) is 0 Å². The van der Waals surface area contributed by atoms with Crippen LogP contribution in [0.25, 0.3) is 0 Å². The molecule has 0 spiro atoms. The van der Waals surface area contributed by atoms with Gasteiger partial charge in [-0.1, -0.05) is 12.8 Å². The molecule has 5 atom stereocenters. The maximum atomic E-state index is 9.73. The van der Waals surface area contributed by atoms with Gasteiger partial charge in [0.05, 0.1) is 12.2 Å². The summed E-state index contributed by atoms with van der Waals surface area (Å²) in [6, 6.07) is 0. The number of aliphatic hydroxyl groups excluding tert-OH is 3. The van der Waals surface area contributed by atoms with Crippen LogP contribution in [0, 0.1) is 11.8 Å². The smallest absolute Gasteiger partial charge is 0.106 e. The first kappa shape index (κ1) is 9.44. The fraction of sp³-hybridized carbons (Fsp3) is 1.00. The quantitative estimate of drug-likeness (QED) is 0.509. The van der Waals surface area contributed by atoms with E-state index in [-0.39, 0.29) is 5.92 Å². The Balaban J connectivity index is 2.08. The normalized spacial score (nSPS) is 51.5. The van der Waals surface area contributed by atoms with Gasteiger partial charge in [-0.25, -0.2) is 0 Å². The Hall–Kier alpha value is -0.120. The molecule has 0 saturated heterocycles. The summed E-state index contributed by atoms with van der Waals surface area (Å²) >= 11 is 0. The van der Waals surface area contributed by atoms with Crippen molar-refractivity contribution in [3.05, 3.63) is 0 Å². The van der Waals surface area contributed by atoms with E-state index in [1.807, 2.05) is 0 Å². The molecule has 0 aliphatic heterocycles. The van der Waals surface area contributed by atoms with Crippen molar-refractivity contribution in [2.45, 2.75) is 50.4 Å². The van der Waals surface area contributed by atoms with E-state index in [0.717, 1.165) is 19.3 Å². The Morgan fingerprint density at radius 3 is 2.31 bits per heavy atom. The zero-order chi connectivity index (χ0) is 9.42. The van der Waals surface area contributed by atoms with Crippen molar-refractivity contribution in [1.29, 1.82) is 0 Å². The van der Waals surface area contributed by atoms with Crippen LogP contribution in [-0.4, -0.2) is 33.6 Å². The molecule has 0 bridgehead atoms. The van der Waals surface area contributed by atoms with Crippen LogP contribution in [0.2, 0.25) is 0 Å². The van der Waals surface area contributed by atoms with Gasteiger partial charge in [-0.15, -0.1) is 0 Å². The number of hydrogen-bond acceptors (Lipinski definition) is 3. The standard InChI is InChI=1S/C10H18O3/c11-8-5-6-3-1-2-4-7(6)9(12)10(8)13/h6-13H,1-5H2. The average Bonchev–Trinajstić information content (AvgIpc) is 2.15. The Labute approximate surface area is 78.4 Å². The van der Waals surface area contributed by atoms with E-state index >= 15 is 0 Å². The molecule has 2 rings (SSSR count). The molecule has 0 aromatic rings. The predicted molar refractivity (Wildman–Crippen MR) is 48.1 cm³/mol. The molecule has 3 nitrogen and oxygen atoms in total. The Bertz CT molecular complexity index is 181. The molecule has 0 radical (unpaired) electrons. The fourth-order valence-electron chi connectivity index (χ4n) is 2.91. The third-order valence-electron chi connectivity index (χ3n) is 3.69. The van der Waals surface area contributed by atoms with Crippen LogP contribution < -0.4 is 0 Å². The first-order valence-electron chi connectivity index (χ1n) is 5.24. The molecule has 0 heterocycles. The molecule has 0 aromatic heterocycles. The maximum Gasteiger partial charge on any atom is 0.106 e. The van der Waals surface area contributed by atoms with Crippen LogP contribution in [-0.2, 0) is 0 Å². The lowest BCUT2D eigenvalue weighted by Crippen LogP contribution is -2.51. The number of fused-ring (bicyclic) bond motifs is 1. The SMILES string of the molecule is OC1CC2CCCCC2C(O)C1O. The molecule has 0 aromatic carbocycles. The first-order chi connectivity index (χ1) is 6.20. The Morgan fingerprint density at radius 1 is 0.846 bits per heavy atom. The van der Waals surface area contributed by atoms with E-state index in [2.05, 4.69) is 0 Å². The topological polar surface area (TPSA) is 60.7 Å². The van der Waals surface area contributed by atoms with Crippen molar-refractivity contribution < 1.29 is 15.3 Å². The molecule has 76 valence electrons. The summed E-state index contributed by atoms with van der Waals surface area (Å²) in [7, 11) is 0. The van der Waals surface area contributed by atoms with E-state index in [4.69, 9.17) is 0 Å². The van der Waals surface area contributed by atoms with Crippen LogP contribution in [0.4, 0.5) is 0 Å². The highest BCUT2D eigenvalue weighted by molar-refractivity contribution is 4.93. The molecular formula is C10H18O3. The molecule has 2 saturated carbocycles. The van der Waals surface area contributed by atoms with Gasteiger partial charge in [0.25, 0.3) is 0 Å². The molecule has 0 amide bonds. The fourth-order valence-corrected chi connectivity index (χ4v) is 2.91. The van der Waals surface area contributed by atoms with Crippen molar-refractivity contribution in [2.75, 3.05) is 0 Å². The molecule has 3 heteroatoms. The lowest BCUT2D eigenvalue weighted by Gasteiger charge is -2.43. The summed E-state index contributed by atoms with van der Waals surface area (Å²) in [5.41, 5.74) is 0. The summed E-state index contributed by atoms with van der Waals surface area (Å²) in [5, 5.41) is 28.7. The van der Waals surface area contributed by atoms with Gasteiger partial charge in [0.2, 0.25) is 0 Å². The average molecular weight is 186 g/mol. The van der Waals surface area contributed by atoms with E-state index in [1.54, 1.807) is 0 Å². The third-order valence-corrected chi connectivity index (χ3v) is 3.69. The van der Waals surface area contributed by atoms with Crippen LogP contribution >= 0.6 is 0 Å². The zero-order valence-corrected chi connectivity index (χ0v) is 7.76. The molecule has 2 aliphatic rings. The summed E-state index contributed by atoms with van der Waals surface area (Å²) in [4.78, 5) is 0. The number of rotatable bonds is 0. The zero-order valence-electron chi connectivity index (χ0n) is 7.76. The van der Waals surface area contributed by atoms with Crippen LogP contribution in [0.1, 0.15) is 32.1 Å². The summed E-state index contributed by atoms with van der Waals surface area (Å²) in [6.45, 7) is 0. The van der Waals surface area contributed by atoms with Crippen molar-refractivity contribution in [3.8, 4) is 0 Å². The maximum absolute atomic E-state index is 9.73. The molecule has 13 heavy (non-hydrogen) atoms. The molecule has 2 fully saturated rings. The van der Waals surface area contributed by atoms with Gasteiger partial charge in [-0.3, -0.25) is 0 Å². The van der Waals surface area contributed by atoms with Crippen LogP contribution in [0.3, 0.4) is 0 Å². The Morgan fingerprint density at radius 2 is 1.54 bits per heavy atom. The highest BCUT2D eigenvalue weighted by Gasteiger charge is 2.43. The molecular weight excluding hydrogens is 168 g/mol.